The molecule has 0 fully saturated rings. The number of nitrogens with one attached hydrogen (secondary N) is 1. The van der Waals surface area contributed by atoms with Crippen LogP contribution in [-0.2, 0) is 7.05 Å². The molecule has 22 heavy (non-hydrogen) atoms. The van der Waals surface area contributed by atoms with Crippen molar-refractivity contribution in [3.05, 3.63) is 66.8 Å². The van der Waals surface area contributed by atoms with Gasteiger partial charge in [-0.05, 0) is 17.7 Å². The van der Waals surface area contributed by atoms with Gasteiger partial charge in [-0.25, -0.2) is 4.79 Å². The van der Waals surface area contributed by atoms with Crippen LogP contribution in [0.25, 0.3) is 0 Å². The van der Waals surface area contributed by atoms with Crippen LogP contribution in [-0.4, -0.2) is 27.7 Å². The number of anilines is 1. The highest BCUT2D eigenvalue weighted by Crippen LogP contribution is 2.11. The Kier molecular flexibility index (Phi) is 4.16. The molecular weight excluding hydrogens is 290 g/mol. The largest absolute Gasteiger partial charge is 0.329 e. The van der Waals surface area contributed by atoms with E-state index in [-0.39, 0.29) is 11.5 Å². The summed E-state index contributed by atoms with van der Waals surface area (Å²) in [6.07, 6.45) is 1.46. The first-order valence-corrected chi connectivity index (χ1v) is 6.21. The zero-order valence-electron chi connectivity index (χ0n) is 11.9. The fraction of sp³-hybridized carbons (Fsp3) is 0.154. The summed E-state index contributed by atoms with van der Waals surface area (Å²) in [6.45, 7) is 0. The zero-order valence-corrected chi connectivity index (χ0v) is 11.9. The van der Waals surface area contributed by atoms with Crippen LogP contribution in [0.15, 0.2) is 45.0 Å². The SMILES string of the molecule is CN(/N=C/c1ccc([N+](=O)[O-])cc1)c1cc(=O)n(C)c(=O)[nH]1. The lowest BCUT2D eigenvalue weighted by molar-refractivity contribution is -0.384. The van der Waals surface area contributed by atoms with E-state index in [1.54, 1.807) is 19.2 Å². The molecule has 2 rings (SSSR count). The Morgan fingerprint density at radius 1 is 1.32 bits per heavy atom. The fourth-order valence-corrected chi connectivity index (χ4v) is 1.62. The summed E-state index contributed by atoms with van der Waals surface area (Å²) in [4.78, 5) is 35.6. The Bertz CT molecular complexity index is 803. The van der Waals surface area contributed by atoms with Crippen molar-refractivity contribution in [2.45, 2.75) is 0 Å². The Morgan fingerprint density at radius 3 is 2.50 bits per heavy atom. The van der Waals surface area contributed by atoms with Gasteiger partial charge in [-0.2, -0.15) is 5.10 Å². The maximum atomic E-state index is 11.5. The molecule has 0 aliphatic heterocycles. The van der Waals surface area contributed by atoms with Gasteiger partial charge in [-0.3, -0.25) is 29.5 Å². The standard InChI is InChI=1S/C13H13N5O4/c1-16-12(19)7-11(15-13(16)20)17(2)14-8-9-3-5-10(6-4-9)18(21)22/h3-8H,1-2H3,(H,15,20)/b14-8+. The van der Waals surface area contributed by atoms with E-state index in [1.165, 1.54) is 36.5 Å². The Morgan fingerprint density at radius 2 is 1.95 bits per heavy atom. The summed E-state index contributed by atoms with van der Waals surface area (Å²) in [7, 11) is 2.93. The van der Waals surface area contributed by atoms with Crippen molar-refractivity contribution in [2.75, 3.05) is 12.1 Å². The first-order valence-electron chi connectivity index (χ1n) is 6.21. The quantitative estimate of drug-likeness (QED) is 0.500. The smallest absolute Gasteiger partial charge is 0.292 e. The number of hydrogen-bond donors (Lipinski definition) is 1. The molecule has 0 aliphatic rings. The molecule has 1 heterocycles. The predicted molar refractivity (Wildman–Crippen MR) is 81.4 cm³/mol. The first-order chi connectivity index (χ1) is 10.4. The molecular formula is C13H13N5O4. The van der Waals surface area contributed by atoms with E-state index in [9.17, 15) is 19.7 Å². The summed E-state index contributed by atoms with van der Waals surface area (Å²) >= 11 is 0. The number of H-pyrrole nitrogens is 1. The second-order valence-corrected chi connectivity index (χ2v) is 4.47. The van der Waals surface area contributed by atoms with Crippen molar-refractivity contribution >= 4 is 17.7 Å². The molecule has 0 saturated carbocycles. The highest BCUT2D eigenvalue weighted by Gasteiger charge is 2.05. The van der Waals surface area contributed by atoms with E-state index in [1.807, 2.05) is 0 Å². The lowest BCUT2D eigenvalue weighted by Gasteiger charge is -2.12. The van der Waals surface area contributed by atoms with Crippen molar-refractivity contribution in [2.24, 2.45) is 12.1 Å². The number of nitrogens with zero attached hydrogens (tertiary/aromatic N) is 4. The third kappa shape index (κ3) is 3.26. The average molecular weight is 303 g/mol. The van der Waals surface area contributed by atoms with E-state index in [0.29, 0.717) is 5.56 Å². The minimum absolute atomic E-state index is 0.0126. The summed E-state index contributed by atoms with van der Waals surface area (Å²) in [5.74, 6) is 0.242. The molecule has 114 valence electrons. The van der Waals surface area contributed by atoms with Crippen LogP contribution in [0.2, 0.25) is 0 Å². The van der Waals surface area contributed by atoms with E-state index < -0.39 is 16.2 Å². The third-order valence-electron chi connectivity index (χ3n) is 2.96. The van der Waals surface area contributed by atoms with Crippen molar-refractivity contribution in [3.63, 3.8) is 0 Å². The van der Waals surface area contributed by atoms with Crippen LogP contribution < -0.4 is 16.3 Å². The van der Waals surface area contributed by atoms with Crippen LogP contribution in [0.3, 0.4) is 0 Å². The van der Waals surface area contributed by atoms with Gasteiger partial charge in [-0.15, -0.1) is 0 Å². The second-order valence-electron chi connectivity index (χ2n) is 4.47. The number of benzene rings is 1. The number of rotatable bonds is 4. The Balaban J connectivity index is 2.21. The predicted octanol–water partition coefficient (Wildman–Crippen LogP) is 0.452. The normalized spacial score (nSPS) is 10.8. The van der Waals surface area contributed by atoms with Crippen molar-refractivity contribution < 1.29 is 4.92 Å². The lowest BCUT2D eigenvalue weighted by Crippen LogP contribution is -2.33. The van der Waals surface area contributed by atoms with E-state index in [0.717, 1.165) is 4.57 Å². The van der Waals surface area contributed by atoms with Gasteiger partial charge < -0.3 is 0 Å². The number of nitro benzene ring substituents is 1. The van der Waals surface area contributed by atoms with Gasteiger partial charge in [0.1, 0.15) is 5.82 Å². The molecule has 9 nitrogen and oxygen atoms in total. The van der Waals surface area contributed by atoms with E-state index >= 15 is 0 Å². The number of nitro groups is 1. The number of aromatic nitrogens is 2. The molecule has 0 unspecified atom stereocenters. The maximum absolute atomic E-state index is 11.5. The van der Waals surface area contributed by atoms with E-state index in [2.05, 4.69) is 10.1 Å². The highest BCUT2D eigenvalue weighted by molar-refractivity contribution is 5.80. The minimum Gasteiger partial charge on any atom is -0.292 e. The number of hydrogen-bond acceptors (Lipinski definition) is 6. The third-order valence-corrected chi connectivity index (χ3v) is 2.96. The van der Waals surface area contributed by atoms with Gasteiger partial charge in [-0.1, -0.05) is 0 Å². The molecule has 1 aromatic heterocycles. The van der Waals surface area contributed by atoms with Crippen LogP contribution in [0.1, 0.15) is 5.56 Å². The van der Waals surface area contributed by atoms with Crippen LogP contribution in [0.4, 0.5) is 11.5 Å². The van der Waals surface area contributed by atoms with Crippen molar-refractivity contribution in [1.82, 2.24) is 9.55 Å². The molecule has 0 bridgehead atoms. The molecule has 1 N–H and O–H groups in total. The van der Waals surface area contributed by atoms with E-state index in [4.69, 9.17) is 0 Å². The van der Waals surface area contributed by atoms with Crippen LogP contribution >= 0.6 is 0 Å². The van der Waals surface area contributed by atoms with Gasteiger partial charge in [0.05, 0.1) is 11.1 Å². The topological polar surface area (TPSA) is 114 Å². The average Bonchev–Trinajstić information content (AvgIpc) is 2.50. The maximum Gasteiger partial charge on any atom is 0.329 e. The van der Waals surface area contributed by atoms with Gasteiger partial charge in [0, 0.05) is 32.3 Å². The molecule has 0 saturated heterocycles. The molecule has 0 spiro atoms. The summed E-state index contributed by atoms with van der Waals surface area (Å²) in [5.41, 5.74) is -0.360. The van der Waals surface area contributed by atoms with Crippen LogP contribution in [0, 0.1) is 10.1 Å². The summed E-state index contributed by atoms with van der Waals surface area (Å²) < 4.78 is 0.942. The second kappa shape index (κ2) is 6.04. The Labute approximate surface area is 124 Å². The lowest BCUT2D eigenvalue weighted by atomic mass is 10.2. The van der Waals surface area contributed by atoms with Crippen molar-refractivity contribution in [1.29, 1.82) is 0 Å². The minimum atomic E-state index is -0.542. The highest BCUT2D eigenvalue weighted by atomic mass is 16.6. The number of aromatic amines is 1. The molecule has 0 radical (unpaired) electrons. The fourth-order valence-electron chi connectivity index (χ4n) is 1.62. The Hall–Kier alpha value is -3.23. The van der Waals surface area contributed by atoms with Gasteiger partial charge in [0.2, 0.25) is 0 Å². The van der Waals surface area contributed by atoms with Crippen LogP contribution in [0.5, 0.6) is 0 Å². The first kappa shape index (κ1) is 15.2. The molecule has 2 aromatic rings. The zero-order chi connectivity index (χ0) is 16.3. The number of hydrazone groups is 1. The number of non-ortho nitro benzene ring substituents is 1. The molecule has 9 heteroatoms. The van der Waals surface area contributed by atoms with Gasteiger partial charge >= 0.3 is 5.69 Å². The monoisotopic (exact) mass is 303 g/mol. The van der Waals surface area contributed by atoms with Gasteiger partial charge in [0.25, 0.3) is 11.2 Å². The summed E-state index contributed by atoms with van der Waals surface area (Å²) in [5, 5.41) is 15.9. The molecule has 1 aromatic carbocycles. The van der Waals surface area contributed by atoms with Crippen molar-refractivity contribution in [3.8, 4) is 0 Å². The molecule has 0 atom stereocenters. The molecule has 0 aliphatic carbocycles. The van der Waals surface area contributed by atoms with Gasteiger partial charge in [0.15, 0.2) is 0 Å². The molecule has 0 amide bonds. The summed E-state index contributed by atoms with van der Waals surface area (Å²) in [6, 6.07) is 7.06.